The number of nitrogens with zero attached hydrogens (tertiary/aromatic N) is 5. The van der Waals surface area contributed by atoms with Crippen molar-refractivity contribution < 1.29 is 21.6 Å². The van der Waals surface area contributed by atoms with Crippen molar-refractivity contribution in [2.75, 3.05) is 0 Å². The van der Waals surface area contributed by atoms with Crippen molar-refractivity contribution in [1.82, 2.24) is 18.3 Å². The zero-order chi connectivity index (χ0) is 25.8. The maximum atomic E-state index is 13.6. The summed E-state index contributed by atoms with van der Waals surface area (Å²) < 4.78 is 70.0. The van der Waals surface area contributed by atoms with E-state index in [1.807, 2.05) is 0 Å². The van der Waals surface area contributed by atoms with Gasteiger partial charge in [-0.2, -0.15) is 22.2 Å². The van der Waals surface area contributed by atoms with E-state index in [2.05, 4.69) is 9.94 Å². The Morgan fingerprint density at radius 1 is 1.06 bits per heavy atom. The fourth-order valence-electron chi connectivity index (χ4n) is 4.11. The normalized spacial score (nSPS) is 14.1. The van der Waals surface area contributed by atoms with Crippen LogP contribution in [0.25, 0.3) is 27.6 Å². The van der Waals surface area contributed by atoms with E-state index in [4.69, 9.17) is 6.57 Å². The van der Waals surface area contributed by atoms with Gasteiger partial charge in [0.05, 0.1) is 46.3 Å². The molecule has 8 nitrogen and oxygen atoms in total. The van der Waals surface area contributed by atoms with Gasteiger partial charge in [-0.25, -0.2) is 22.7 Å². The second-order valence-electron chi connectivity index (χ2n) is 8.37. The summed E-state index contributed by atoms with van der Waals surface area (Å²) in [5.74, 6) is 0. The van der Waals surface area contributed by atoms with E-state index in [0.717, 1.165) is 16.7 Å². The molecule has 1 aliphatic rings. The molecule has 0 spiro atoms. The lowest BCUT2D eigenvalue weighted by atomic mass is 10.2. The first-order chi connectivity index (χ1) is 17.0. The lowest BCUT2D eigenvalue weighted by molar-refractivity contribution is -0.137. The number of alkyl halides is 3. The highest BCUT2D eigenvalue weighted by Gasteiger charge is 2.41. The molecule has 2 aromatic heterocycles. The molecule has 2 aromatic carbocycles. The molecular weight excluding hydrogens is 495 g/mol. The predicted molar refractivity (Wildman–Crippen MR) is 126 cm³/mol. The van der Waals surface area contributed by atoms with E-state index in [9.17, 15) is 26.4 Å². The Labute approximate surface area is 203 Å². The quantitative estimate of drug-likeness (QED) is 0.362. The van der Waals surface area contributed by atoms with Crippen LogP contribution in [-0.4, -0.2) is 32.0 Å². The van der Waals surface area contributed by atoms with E-state index in [1.54, 1.807) is 24.3 Å². The number of rotatable bonds is 5. The molecule has 0 unspecified atom stereocenters. The number of benzene rings is 2. The van der Waals surface area contributed by atoms with Gasteiger partial charge in [0.1, 0.15) is 5.69 Å². The van der Waals surface area contributed by atoms with E-state index in [-0.39, 0.29) is 22.8 Å². The van der Waals surface area contributed by atoms with Crippen LogP contribution in [0.1, 0.15) is 24.1 Å². The van der Waals surface area contributed by atoms with Crippen LogP contribution in [0.4, 0.5) is 18.9 Å². The van der Waals surface area contributed by atoms with Crippen molar-refractivity contribution in [3.8, 4) is 22.8 Å². The standard InChI is InChI=1S/C24H18F3N5O3S/c1-15-22(21-12-13-29-31(21)18-8-6-17(28-2)7-9-18)32(36(34,35)20-10-11-20)23(33)30(15)19-5-3-4-16(14-19)24(25,26)27/h3-9,12-14,20H,10-11H2,1H3. The average molecular weight is 514 g/mol. The van der Waals surface area contributed by atoms with Gasteiger partial charge >= 0.3 is 11.9 Å². The first kappa shape index (κ1) is 23.6. The number of hydrogen-bond acceptors (Lipinski definition) is 4. The van der Waals surface area contributed by atoms with Crippen LogP contribution in [0, 0.1) is 13.5 Å². The number of aromatic nitrogens is 4. The molecule has 1 aliphatic carbocycles. The molecule has 0 aliphatic heterocycles. The minimum atomic E-state index is -4.64. The largest absolute Gasteiger partial charge is 0.416 e. The second-order valence-corrected chi connectivity index (χ2v) is 10.4. The Kier molecular flexibility index (Phi) is 5.40. The lowest BCUT2D eigenvalue weighted by Crippen LogP contribution is -2.32. The molecule has 2 heterocycles. The van der Waals surface area contributed by atoms with Crippen molar-refractivity contribution in [2.45, 2.75) is 31.2 Å². The molecule has 1 fully saturated rings. The average Bonchev–Trinajstić information content (AvgIpc) is 3.54. The smallest absolute Gasteiger partial charge is 0.264 e. The highest BCUT2D eigenvalue weighted by molar-refractivity contribution is 7.90. The monoisotopic (exact) mass is 513 g/mol. The Bertz CT molecular complexity index is 1690. The van der Waals surface area contributed by atoms with E-state index in [1.165, 1.54) is 36.0 Å². The summed E-state index contributed by atoms with van der Waals surface area (Å²) >= 11 is 0. The van der Waals surface area contributed by atoms with Crippen LogP contribution >= 0.6 is 0 Å². The molecule has 0 bridgehead atoms. The summed E-state index contributed by atoms with van der Waals surface area (Å²) in [4.78, 5) is 16.9. The SMILES string of the molecule is [C-]#[N+]c1ccc(-n2nccc2-c2c(C)n(-c3cccc(C(F)(F)F)c3)c(=O)n2S(=O)(=O)C2CC2)cc1. The van der Waals surface area contributed by atoms with Gasteiger partial charge in [-0.15, -0.1) is 0 Å². The molecular formula is C24H18F3N5O3S. The molecule has 0 N–H and O–H groups in total. The van der Waals surface area contributed by atoms with Crippen molar-refractivity contribution in [3.05, 3.63) is 94.0 Å². The first-order valence-corrected chi connectivity index (χ1v) is 12.3. The number of imidazole rings is 1. The van der Waals surface area contributed by atoms with Crippen LogP contribution in [0.2, 0.25) is 0 Å². The molecule has 0 radical (unpaired) electrons. The third-order valence-electron chi connectivity index (χ3n) is 5.99. The van der Waals surface area contributed by atoms with Crippen LogP contribution in [0.15, 0.2) is 65.6 Å². The summed E-state index contributed by atoms with van der Waals surface area (Å²) in [5, 5.41) is 3.52. The molecule has 0 amide bonds. The summed E-state index contributed by atoms with van der Waals surface area (Å²) in [6.07, 6.45) is -2.44. The molecule has 5 rings (SSSR count). The third-order valence-corrected chi connectivity index (χ3v) is 8.15. The summed E-state index contributed by atoms with van der Waals surface area (Å²) in [6.45, 7) is 8.60. The molecule has 0 atom stereocenters. The van der Waals surface area contributed by atoms with E-state index in [0.29, 0.717) is 28.2 Å². The molecule has 1 saturated carbocycles. The van der Waals surface area contributed by atoms with Gasteiger partial charge in [-0.05, 0) is 56.2 Å². The highest BCUT2D eigenvalue weighted by Crippen LogP contribution is 2.35. The minimum Gasteiger partial charge on any atom is -0.264 e. The Balaban J connectivity index is 1.79. The van der Waals surface area contributed by atoms with Crippen LogP contribution in [0.5, 0.6) is 0 Å². The van der Waals surface area contributed by atoms with Crippen molar-refractivity contribution >= 4 is 15.7 Å². The number of halogens is 3. The fourth-order valence-corrected chi connectivity index (χ4v) is 5.91. The Morgan fingerprint density at radius 2 is 1.75 bits per heavy atom. The molecule has 12 heteroatoms. The fraction of sp³-hybridized carbons (Fsp3) is 0.208. The summed E-state index contributed by atoms with van der Waals surface area (Å²) in [5.41, 5.74) is -0.732. The van der Waals surface area contributed by atoms with Crippen LogP contribution in [-0.2, 0) is 16.2 Å². The van der Waals surface area contributed by atoms with Gasteiger partial charge in [0.25, 0.3) is 0 Å². The third kappa shape index (κ3) is 3.81. The maximum Gasteiger partial charge on any atom is 0.416 e. The number of hydrogen-bond donors (Lipinski definition) is 0. The van der Waals surface area contributed by atoms with Gasteiger partial charge < -0.3 is 0 Å². The van der Waals surface area contributed by atoms with Crippen LogP contribution in [0.3, 0.4) is 0 Å². The minimum absolute atomic E-state index is 0.0102. The second kappa shape index (κ2) is 8.23. The van der Waals surface area contributed by atoms with Gasteiger partial charge in [0, 0.05) is 0 Å². The predicted octanol–water partition coefficient (Wildman–Crippen LogP) is 4.71. The van der Waals surface area contributed by atoms with Crippen LogP contribution < -0.4 is 5.69 Å². The van der Waals surface area contributed by atoms with E-state index >= 15 is 0 Å². The van der Waals surface area contributed by atoms with Gasteiger partial charge in [0.15, 0.2) is 5.69 Å². The van der Waals surface area contributed by atoms with Gasteiger partial charge in [-0.3, -0.25) is 4.57 Å². The van der Waals surface area contributed by atoms with Gasteiger partial charge in [-0.1, -0.05) is 18.2 Å². The zero-order valence-electron chi connectivity index (χ0n) is 18.8. The van der Waals surface area contributed by atoms with Crippen molar-refractivity contribution in [1.29, 1.82) is 0 Å². The topological polar surface area (TPSA) is 83.2 Å². The zero-order valence-corrected chi connectivity index (χ0v) is 19.6. The molecule has 0 saturated heterocycles. The molecule has 4 aromatic rings. The lowest BCUT2D eigenvalue weighted by Gasteiger charge is -2.12. The van der Waals surface area contributed by atoms with Crippen molar-refractivity contribution in [3.63, 3.8) is 0 Å². The maximum absolute atomic E-state index is 13.6. The van der Waals surface area contributed by atoms with Crippen molar-refractivity contribution in [2.24, 2.45) is 0 Å². The molecule has 184 valence electrons. The Morgan fingerprint density at radius 3 is 2.36 bits per heavy atom. The summed E-state index contributed by atoms with van der Waals surface area (Å²) in [6, 6.07) is 12.1. The van der Waals surface area contributed by atoms with Gasteiger partial charge in [0.2, 0.25) is 10.0 Å². The van der Waals surface area contributed by atoms with E-state index < -0.39 is 32.7 Å². The first-order valence-electron chi connectivity index (χ1n) is 10.8. The highest BCUT2D eigenvalue weighted by atomic mass is 32.2. The summed E-state index contributed by atoms with van der Waals surface area (Å²) in [7, 11) is -4.13. The Hall–Kier alpha value is -4.11. The molecule has 36 heavy (non-hydrogen) atoms.